The van der Waals surface area contributed by atoms with E-state index in [4.69, 9.17) is 11.6 Å². The van der Waals surface area contributed by atoms with E-state index in [1.54, 1.807) is 0 Å². The zero-order chi connectivity index (χ0) is 15.6. The molecular weight excluding hydrogens is 327 g/mol. The largest absolute Gasteiger partial charge is 0.271 e. The minimum Gasteiger partial charge on any atom is -0.261 e. The Bertz CT molecular complexity index is 814. The first kappa shape index (κ1) is 15.1. The average Bonchev–Trinajstić information content (AvgIpc) is 2.41. The van der Waals surface area contributed by atoms with Crippen LogP contribution in [0.4, 0.5) is 15.9 Å². The van der Waals surface area contributed by atoms with E-state index in [2.05, 4.69) is 9.97 Å². The number of hydrogen-bond donors (Lipinski definition) is 1. The number of aromatic nitrogens is 2. The molecule has 0 atom stereocenters. The molecule has 0 fully saturated rings. The van der Waals surface area contributed by atoms with E-state index in [0.717, 1.165) is 6.07 Å². The summed E-state index contributed by atoms with van der Waals surface area (Å²) in [6.07, 6.45) is 2.40. The van der Waals surface area contributed by atoms with Crippen molar-refractivity contribution >= 4 is 33.1 Å². The van der Waals surface area contributed by atoms with Crippen LogP contribution < -0.4 is 4.72 Å². The third kappa shape index (κ3) is 3.23. The molecule has 11 heteroatoms. The highest BCUT2D eigenvalue weighted by atomic mass is 35.5. The van der Waals surface area contributed by atoms with Gasteiger partial charge in [-0.2, -0.15) is 0 Å². The quantitative estimate of drug-likeness (QED) is 0.676. The van der Waals surface area contributed by atoms with E-state index in [-0.39, 0.29) is 11.0 Å². The van der Waals surface area contributed by atoms with Crippen LogP contribution in [0.15, 0.2) is 35.5 Å². The normalized spacial score (nSPS) is 11.1. The molecule has 2 rings (SSSR count). The number of nitro groups is 1. The van der Waals surface area contributed by atoms with Crippen LogP contribution in [0.2, 0.25) is 5.15 Å². The van der Waals surface area contributed by atoms with Crippen molar-refractivity contribution in [2.75, 3.05) is 4.72 Å². The van der Waals surface area contributed by atoms with Crippen molar-refractivity contribution < 1.29 is 17.7 Å². The van der Waals surface area contributed by atoms with Gasteiger partial charge in [-0.1, -0.05) is 11.6 Å². The second-order valence-corrected chi connectivity index (χ2v) is 5.68. The summed E-state index contributed by atoms with van der Waals surface area (Å²) in [5.41, 5.74) is -0.568. The van der Waals surface area contributed by atoms with Gasteiger partial charge in [0.15, 0.2) is 11.0 Å². The minimum atomic E-state index is -4.44. The molecule has 1 N–H and O–H groups in total. The third-order valence-corrected chi connectivity index (χ3v) is 3.93. The zero-order valence-electron chi connectivity index (χ0n) is 10.0. The van der Waals surface area contributed by atoms with Crippen LogP contribution in [-0.2, 0) is 10.0 Å². The first-order valence-electron chi connectivity index (χ1n) is 5.24. The van der Waals surface area contributed by atoms with Gasteiger partial charge in [0.05, 0.1) is 4.92 Å². The Balaban J connectivity index is 2.47. The van der Waals surface area contributed by atoms with E-state index in [1.165, 1.54) is 12.4 Å². The molecule has 0 bridgehead atoms. The Morgan fingerprint density at radius 3 is 2.57 bits per heavy atom. The average molecular weight is 333 g/mol. The van der Waals surface area contributed by atoms with Gasteiger partial charge in [0, 0.05) is 24.5 Å². The van der Waals surface area contributed by atoms with Crippen LogP contribution >= 0.6 is 11.6 Å². The molecular formula is C10H6ClFN4O4S. The summed E-state index contributed by atoms with van der Waals surface area (Å²) >= 11 is 5.64. The fourth-order valence-electron chi connectivity index (χ4n) is 1.38. The van der Waals surface area contributed by atoms with Gasteiger partial charge in [-0.3, -0.25) is 14.8 Å². The molecule has 2 aromatic rings. The second kappa shape index (κ2) is 5.58. The molecule has 0 unspecified atom stereocenters. The van der Waals surface area contributed by atoms with Crippen molar-refractivity contribution in [1.29, 1.82) is 0 Å². The van der Waals surface area contributed by atoms with Gasteiger partial charge in [0.25, 0.3) is 15.7 Å². The first-order chi connectivity index (χ1) is 9.81. The van der Waals surface area contributed by atoms with Crippen molar-refractivity contribution in [3.8, 4) is 0 Å². The fraction of sp³-hybridized carbons (Fsp3) is 0. The number of hydrogen-bond acceptors (Lipinski definition) is 6. The number of rotatable bonds is 4. The SMILES string of the molecule is O=[N+]([O-])c1ccc(F)c(S(=O)(=O)Nc2nccnc2Cl)c1. The highest BCUT2D eigenvalue weighted by molar-refractivity contribution is 7.92. The predicted molar refractivity (Wildman–Crippen MR) is 70.9 cm³/mol. The summed E-state index contributed by atoms with van der Waals surface area (Å²) in [4.78, 5) is 16.1. The van der Waals surface area contributed by atoms with Gasteiger partial charge in [-0.15, -0.1) is 0 Å². The van der Waals surface area contributed by atoms with Gasteiger partial charge in [0.2, 0.25) is 0 Å². The summed E-state index contributed by atoms with van der Waals surface area (Å²) in [6, 6.07) is 2.14. The third-order valence-electron chi connectivity index (χ3n) is 2.30. The zero-order valence-corrected chi connectivity index (χ0v) is 11.6. The van der Waals surface area contributed by atoms with Crippen LogP contribution in [0.1, 0.15) is 0 Å². The second-order valence-electron chi connectivity index (χ2n) is 3.67. The number of nitrogens with one attached hydrogen (secondary N) is 1. The Hall–Kier alpha value is -2.33. The van der Waals surface area contributed by atoms with Gasteiger partial charge >= 0.3 is 0 Å². The number of non-ortho nitro benzene ring substituents is 1. The van der Waals surface area contributed by atoms with Crippen LogP contribution in [0.25, 0.3) is 0 Å². The standard InChI is InChI=1S/C10H6ClFN4O4S/c11-9-10(14-4-3-13-9)15-21(19,20)8-5-6(16(17)18)1-2-7(8)12/h1-5H,(H,14,15). The molecule has 0 saturated carbocycles. The van der Waals surface area contributed by atoms with Gasteiger partial charge in [-0.05, 0) is 6.07 Å². The Morgan fingerprint density at radius 1 is 1.29 bits per heavy atom. The molecule has 21 heavy (non-hydrogen) atoms. The van der Waals surface area contributed by atoms with E-state index in [9.17, 15) is 22.9 Å². The lowest BCUT2D eigenvalue weighted by atomic mass is 10.3. The summed E-state index contributed by atoms with van der Waals surface area (Å²) in [5, 5.41) is 10.4. The first-order valence-corrected chi connectivity index (χ1v) is 7.10. The summed E-state index contributed by atoms with van der Waals surface area (Å²) < 4.78 is 39.6. The van der Waals surface area contributed by atoms with Crippen LogP contribution in [0, 0.1) is 15.9 Å². The van der Waals surface area contributed by atoms with Crippen molar-refractivity contribution in [3.63, 3.8) is 0 Å². The number of anilines is 1. The molecule has 0 aliphatic heterocycles. The molecule has 0 aliphatic carbocycles. The summed E-state index contributed by atoms with van der Waals surface area (Å²) in [6.45, 7) is 0. The van der Waals surface area contributed by atoms with E-state index in [0.29, 0.717) is 12.1 Å². The maximum atomic E-state index is 13.6. The smallest absolute Gasteiger partial charge is 0.261 e. The lowest BCUT2D eigenvalue weighted by Gasteiger charge is -2.08. The minimum absolute atomic E-state index is 0.244. The monoisotopic (exact) mass is 332 g/mol. The highest BCUT2D eigenvalue weighted by Gasteiger charge is 2.24. The van der Waals surface area contributed by atoms with Crippen LogP contribution in [0.5, 0.6) is 0 Å². The van der Waals surface area contributed by atoms with Crippen molar-refractivity contribution in [2.24, 2.45) is 0 Å². The molecule has 0 radical (unpaired) electrons. The maximum Gasteiger partial charge on any atom is 0.271 e. The molecule has 0 aliphatic rings. The summed E-state index contributed by atoms with van der Waals surface area (Å²) in [7, 11) is -4.44. The number of benzene rings is 1. The molecule has 1 aromatic carbocycles. The van der Waals surface area contributed by atoms with E-state index >= 15 is 0 Å². The number of nitro benzene ring substituents is 1. The number of sulfonamides is 1. The van der Waals surface area contributed by atoms with Crippen molar-refractivity contribution in [2.45, 2.75) is 4.90 Å². The Kier molecular flexibility index (Phi) is 4.00. The Morgan fingerprint density at radius 2 is 1.95 bits per heavy atom. The molecule has 0 saturated heterocycles. The molecule has 8 nitrogen and oxygen atoms in total. The maximum absolute atomic E-state index is 13.6. The molecule has 1 aromatic heterocycles. The van der Waals surface area contributed by atoms with Crippen molar-refractivity contribution in [1.82, 2.24) is 9.97 Å². The highest BCUT2D eigenvalue weighted by Crippen LogP contribution is 2.24. The van der Waals surface area contributed by atoms with Gasteiger partial charge < -0.3 is 0 Å². The molecule has 0 spiro atoms. The Labute approximate surface area is 122 Å². The van der Waals surface area contributed by atoms with Crippen molar-refractivity contribution in [3.05, 3.63) is 51.7 Å². The number of halogens is 2. The number of nitrogens with zero attached hydrogens (tertiary/aromatic N) is 3. The molecule has 1 heterocycles. The van der Waals surface area contributed by atoms with E-state index < -0.39 is 31.3 Å². The van der Waals surface area contributed by atoms with Gasteiger partial charge in [-0.25, -0.2) is 22.8 Å². The summed E-state index contributed by atoms with van der Waals surface area (Å²) in [5.74, 6) is -1.46. The van der Waals surface area contributed by atoms with Crippen LogP contribution in [0.3, 0.4) is 0 Å². The van der Waals surface area contributed by atoms with Gasteiger partial charge in [0.1, 0.15) is 10.7 Å². The lowest BCUT2D eigenvalue weighted by Crippen LogP contribution is -2.16. The van der Waals surface area contributed by atoms with E-state index in [1.807, 2.05) is 4.72 Å². The molecule has 0 amide bonds. The fourth-order valence-corrected chi connectivity index (χ4v) is 2.71. The molecule has 110 valence electrons. The van der Waals surface area contributed by atoms with Crippen LogP contribution in [-0.4, -0.2) is 23.3 Å². The topological polar surface area (TPSA) is 115 Å². The lowest BCUT2D eigenvalue weighted by molar-refractivity contribution is -0.385. The predicted octanol–water partition coefficient (Wildman–Crippen LogP) is 1.98.